The Morgan fingerprint density at radius 1 is 1.43 bits per heavy atom. The van der Waals surface area contributed by atoms with Crippen molar-refractivity contribution in [3.05, 3.63) is 23.8 Å². The van der Waals surface area contributed by atoms with Crippen molar-refractivity contribution in [1.82, 2.24) is 10.3 Å². The van der Waals surface area contributed by atoms with Crippen LogP contribution < -0.4 is 11.1 Å². The van der Waals surface area contributed by atoms with Gasteiger partial charge in [-0.3, -0.25) is 9.59 Å². The maximum absolute atomic E-state index is 12.0. The number of rotatable bonds is 6. The summed E-state index contributed by atoms with van der Waals surface area (Å²) >= 11 is 1.35. The number of thiazole rings is 1. The van der Waals surface area contributed by atoms with E-state index in [-0.39, 0.29) is 11.9 Å². The lowest BCUT2D eigenvalue weighted by Crippen LogP contribution is -2.25. The van der Waals surface area contributed by atoms with Crippen LogP contribution in [0.1, 0.15) is 30.1 Å². The minimum absolute atomic E-state index is 0.173. The van der Waals surface area contributed by atoms with Crippen molar-refractivity contribution >= 4 is 38.6 Å². The van der Waals surface area contributed by atoms with E-state index in [1.165, 1.54) is 11.3 Å². The summed E-state index contributed by atoms with van der Waals surface area (Å²) in [6.07, 6.45) is 0.860. The van der Waals surface area contributed by atoms with Crippen molar-refractivity contribution in [3.8, 4) is 0 Å². The van der Waals surface area contributed by atoms with Gasteiger partial charge in [-0.25, -0.2) is 4.98 Å². The molecule has 2 rings (SSSR count). The van der Waals surface area contributed by atoms with Crippen LogP contribution >= 0.6 is 11.3 Å². The number of hydrogen-bond donors (Lipinski definition) is 2. The molecule has 0 saturated carbocycles. The number of nitrogens with one attached hydrogen (secondary N) is 1. The van der Waals surface area contributed by atoms with E-state index in [0.717, 1.165) is 10.2 Å². The van der Waals surface area contributed by atoms with Gasteiger partial charge in [0, 0.05) is 18.5 Å². The standard InChI is InChI=1S/C14H17N3O3S/c1-2-20-12(18)4-3-7-16-13(19)9-5-6-10-11(8-9)21-14(15)17-10/h5-6,8H,2-4,7H2,1H3,(H2,15,17)(H,16,19). The van der Waals surface area contributed by atoms with Gasteiger partial charge in [-0.15, -0.1) is 0 Å². The minimum atomic E-state index is -0.242. The Balaban J connectivity index is 1.85. The number of nitrogens with two attached hydrogens (primary N) is 1. The number of carbonyl (C=O) groups is 2. The molecule has 0 bridgehead atoms. The Labute approximate surface area is 126 Å². The number of benzene rings is 1. The predicted octanol–water partition coefficient (Wildman–Crippen LogP) is 1.95. The van der Waals surface area contributed by atoms with Gasteiger partial charge in [0.1, 0.15) is 0 Å². The lowest BCUT2D eigenvalue weighted by molar-refractivity contribution is -0.143. The Kier molecular flexibility index (Phi) is 5.10. The van der Waals surface area contributed by atoms with Gasteiger partial charge in [0.05, 0.1) is 16.8 Å². The van der Waals surface area contributed by atoms with Crippen LogP contribution in [0.3, 0.4) is 0 Å². The number of nitrogens with zero attached hydrogens (tertiary/aromatic N) is 1. The second-order valence-electron chi connectivity index (χ2n) is 4.40. The Morgan fingerprint density at radius 2 is 2.24 bits per heavy atom. The van der Waals surface area contributed by atoms with Crippen LogP contribution in [0.15, 0.2) is 18.2 Å². The second-order valence-corrected chi connectivity index (χ2v) is 5.46. The summed E-state index contributed by atoms with van der Waals surface area (Å²) in [5.74, 6) is -0.416. The molecule has 0 spiro atoms. The fourth-order valence-electron chi connectivity index (χ4n) is 1.85. The zero-order chi connectivity index (χ0) is 15.2. The zero-order valence-electron chi connectivity index (χ0n) is 11.7. The summed E-state index contributed by atoms with van der Waals surface area (Å²) in [7, 11) is 0. The van der Waals surface area contributed by atoms with Crippen molar-refractivity contribution in [2.75, 3.05) is 18.9 Å². The average molecular weight is 307 g/mol. The summed E-state index contributed by atoms with van der Waals surface area (Å²) in [4.78, 5) is 27.3. The average Bonchev–Trinajstić information content (AvgIpc) is 2.82. The SMILES string of the molecule is CCOC(=O)CCCNC(=O)c1ccc2nc(N)sc2c1. The molecule has 0 atom stereocenters. The van der Waals surface area contributed by atoms with E-state index in [2.05, 4.69) is 10.3 Å². The first-order valence-corrected chi connectivity index (χ1v) is 7.51. The van der Waals surface area contributed by atoms with Crippen LogP contribution in [0.2, 0.25) is 0 Å². The second kappa shape index (κ2) is 7.03. The number of aromatic nitrogens is 1. The molecule has 1 aromatic carbocycles. The van der Waals surface area contributed by atoms with E-state index in [1.807, 2.05) is 0 Å². The number of esters is 1. The lowest BCUT2D eigenvalue weighted by Gasteiger charge is -2.05. The summed E-state index contributed by atoms with van der Waals surface area (Å²) in [5, 5.41) is 3.26. The maximum Gasteiger partial charge on any atom is 0.305 e. The van der Waals surface area contributed by atoms with Gasteiger partial charge in [0.15, 0.2) is 5.13 Å². The van der Waals surface area contributed by atoms with Gasteiger partial charge < -0.3 is 15.8 Å². The fourth-order valence-corrected chi connectivity index (χ4v) is 2.63. The molecule has 0 aliphatic rings. The highest BCUT2D eigenvalue weighted by atomic mass is 32.1. The monoisotopic (exact) mass is 307 g/mol. The van der Waals surface area contributed by atoms with Crippen molar-refractivity contribution in [3.63, 3.8) is 0 Å². The van der Waals surface area contributed by atoms with E-state index >= 15 is 0 Å². The first-order chi connectivity index (χ1) is 10.1. The molecule has 3 N–H and O–H groups in total. The highest BCUT2D eigenvalue weighted by Gasteiger charge is 2.09. The van der Waals surface area contributed by atoms with Crippen molar-refractivity contribution in [2.45, 2.75) is 19.8 Å². The number of hydrogen-bond acceptors (Lipinski definition) is 6. The molecule has 0 aliphatic heterocycles. The van der Waals surface area contributed by atoms with Gasteiger partial charge in [-0.2, -0.15) is 0 Å². The van der Waals surface area contributed by atoms with Gasteiger partial charge in [-0.1, -0.05) is 11.3 Å². The molecule has 21 heavy (non-hydrogen) atoms. The number of fused-ring (bicyclic) bond motifs is 1. The highest BCUT2D eigenvalue weighted by Crippen LogP contribution is 2.24. The molecular formula is C14H17N3O3S. The Bertz CT molecular complexity index is 654. The topological polar surface area (TPSA) is 94.3 Å². The number of carbonyl (C=O) groups excluding carboxylic acids is 2. The quantitative estimate of drug-likeness (QED) is 0.628. The molecule has 112 valence electrons. The van der Waals surface area contributed by atoms with Gasteiger partial charge >= 0.3 is 5.97 Å². The molecule has 6 nitrogen and oxygen atoms in total. The highest BCUT2D eigenvalue weighted by molar-refractivity contribution is 7.22. The molecule has 0 radical (unpaired) electrons. The number of ether oxygens (including phenoxy) is 1. The summed E-state index contributed by atoms with van der Waals surface area (Å²) in [6.45, 7) is 2.58. The molecule has 1 aromatic heterocycles. The minimum Gasteiger partial charge on any atom is -0.466 e. The predicted molar refractivity (Wildman–Crippen MR) is 82.2 cm³/mol. The van der Waals surface area contributed by atoms with Crippen LogP contribution in [-0.2, 0) is 9.53 Å². The number of anilines is 1. The summed E-state index contributed by atoms with van der Waals surface area (Å²) < 4.78 is 5.70. The normalized spacial score (nSPS) is 10.5. The summed E-state index contributed by atoms with van der Waals surface area (Å²) in [5.41, 5.74) is 6.98. The van der Waals surface area contributed by atoms with Crippen molar-refractivity contribution in [1.29, 1.82) is 0 Å². The first kappa shape index (κ1) is 15.2. The van der Waals surface area contributed by atoms with Crippen LogP contribution in [0.25, 0.3) is 10.2 Å². The molecule has 2 aromatic rings. The first-order valence-electron chi connectivity index (χ1n) is 6.70. The zero-order valence-corrected chi connectivity index (χ0v) is 12.5. The molecule has 1 amide bonds. The fraction of sp³-hybridized carbons (Fsp3) is 0.357. The molecule has 0 aliphatic carbocycles. The smallest absolute Gasteiger partial charge is 0.305 e. The number of amides is 1. The molecule has 0 unspecified atom stereocenters. The van der Waals surface area contributed by atoms with Crippen LogP contribution in [-0.4, -0.2) is 30.0 Å². The van der Waals surface area contributed by atoms with E-state index in [1.54, 1.807) is 25.1 Å². The number of nitrogen functional groups attached to an aromatic ring is 1. The van der Waals surface area contributed by atoms with Crippen LogP contribution in [0.4, 0.5) is 5.13 Å². The Morgan fingerprint density at radius 3 is 3.00 bits per heavy atom. The van der Waals surface area contributed by atoms with Gasteiger partial charge in [0.2, 0.25) is 0 Å². The van der Waals surface area contributed by atoms with E-state index in [4.69, 9.17) is 10.5 Å². The van der Waals surface area contributed by atoms with Crippen LogP contribution in [0.5, 0.6) is 0 Å². The Hall–Kier alpha value is -2.15. The largest absolute Gasteiger partial charge is 0.466 e. The molecule has 1 heterocycles. The lowest BCUT2D eigenvalue weighted by atomic mass is 10.2. The van der Waals surface area contributed by atoms with Gasteiger partial charge in [0.25, 0.3) is 5.91 Å². The van der Waals surface area contributed by atoms with Gasteiger partial charge in [-0.05, 0) is 31.5 Å². The van der Waals surface area contributed by atoms with Crippen molar-refractivity contribution < 1.29 is 14.3 Å². The molecule has 7 heteroatoms. The molecule has 0 fully saturated rings. The molecule has 0 saturated heterocycles. The third-order valence-corrected chi connectivity index (χ3v) is 3.66. The summed E-state index contributed by atoms with van der Waals surface area (Å²) in [6, 6.07) is 5.25. The van der Waals surface area contributed by atoms with E-state index in [0.29, 0.717) is 36.7 Å². The third-order valence-electron chi connectivity index (χ3n) is 2.82. The third kappa shape index (κ3) is 4.16. The van der Waals surface area contributed by atoms with E-state index in [9.17, 15) is 9.59 Å². The van der Waals surface area contributed by atoms with Crippen LogP contribution in [0, 0.1) is 0 Å². The van der Waals surface area contributed by atoms with Crippen molar-refractivity contribution in [2.24, 2.45) is 0 Å². The maximum atomic E-state index is 12.0. The van der Waals surface area contributed by atoms with E-state index < -0.39 is 0 Å². The molecular weight excluding hydrogens is 290 g/mol.